The molecule has 2 aromatic carbocycles. The second-order valence-corrected chi connectivity index (χ2v) is 8.91. The molecule has 1 atom stereocenters. The van der Waals surface area contributed by atoms with Gasteiger partial charge in [-0.25, -0.2) is 4.98 Å². The third-order valence-corrected chi connectivity index (χ3v) is 6.38. The van der Waals surface area contributed by atoms with Crippen LogP contribution in [-0.4, -0.2) is 29.2 Å². The van der Waals surface area contributed by atoms with Crippen LogP contribution in [0.2, 0.25) is 0 Å². The lowest BCUT2D eigenvalue weighted by Crippen LogP contribution is -2.31. The van der Waals surface area contributed by atoms with Crippen molar-refractivity contribution >= 4 is 61.1 Å². The molecule has 0 aliphatic rings. The number of benzene rings is 2. The number of para-hydroxylation sites is 1. The lowest BCUT2D eigenvalue weighted by atomic mass is 10.1. The average Bonchev–Trinajstić information content (AvgIpc) is 3.08. The molecule has 1 aromatic heterocycles. The van der Waals surface area contributed by atoms with Gasteiger partial charge in [-0.05, 0) is 36.8 Å². The van der Waals surface area contributed by atoms with Crippen LogP contribution in [0.5, 0.6) is 0 Å². The van der Waals surface area contributed by atoms with Crippen LogP contribution in [0, 0.1) is 0 Å². The number of aromatic nitrogens is 1. The molecule has 0 spiro atoms. The van der Waals surface area contributed by atoms with Crippen LogP contribution >= 0.6 is 39.0 Å². The molecule has 140 valence electrons. The molecule has 1 heterocycles. The number of fused-ring (bicyclic) bond motifs is 1. The minimum absolute atomic E-state index is 0.120. The summed E-state index contributed by atoms with van der Waals surface area (Å²) in [6.45, 7) is 1.59. The van der Waals surface area contributed by atoms with Crippen molar-refractivity contribution in [3.05, 3.63) is 58.6 Å². The van der Waals surface area contributed by atoms with E-state index in [0.717, 1.165) is 24.6 Å². The van der Waals surface area contributed by atoms with Crippen molar-refractivity contribution < 1.29 is 14.3 Å². The number of carbonyl (C=O) groups excluding carboxylic acids is 2. The quantitative estimate of drug-likeness (QED) is 0.409. The molecular formula is C19H17BrN2O3S2. The Kier molecular flexibility index (Phi) is 6.87. The van der Waals surface area contributed by atoms with Gasteiger partial charge in [-0.2, -0.15) is 0 Å². The number of ether oxygens (including phenoxy) is 1. The first-order valence-electron chi connectivity index (χ1n) is 8.20. The van der Waals surface area contributed by atoms with Crippen LogP contribution in [-0.2, 0) is 14.3 Å². The van der Waals surface area contributed by atoms with E-state index in [0.29, 0.717) is 0 Å². The fourth-order valence-corrected chi connectivity index (χ4v) is 4.47. The number of hydrogen-bond donors (Lipinski definition) is 1. The number of esters is 1. The lowest BCUT2D eigenvalue weighted by Gasteiger charge is -2.14. The summed E-state index contributed by atoms with van der Waals surface area (Å²) in [6, 6.07) is 15.3. The number of hydrogen-bond acceptors (Lipinski definition) is 6. The largest absolute Gasteiger partial charge is 0.455 e. The number of nitrogens with one attached hydrogen (secondary N) is 1. The normalized spacial score (nSPS) is 11.9. The summed E-state index contributed by atoms with van der Waals surface area (Å²) in [5, 5.41) is 2.81. The molecule has 5 nitrogen and oxygen atoms in total. The Hall–Kier alpha value is -1.90. The van der Waals surface area contributed by atoms with E-state index in [-0.39, 0.29) is 24.3 Å². The molecule has 8 heteroatoms. The van der Waals surface area contributed by atoms with Gasteiger partial charge in [-0.3, -0.25) is 9.59 Å². The molecule has 0 radical (unpaired) electrons. The highest BCUT2D eigenvalue weighted by atomic mass is 79.9. The summed E-state index contributed by atoms with van der Waals surface area (Å²) in [6.07, 6.45) is 0. The van der Waals surface area contributed by atoms with Crippen molar-refractivity contribution in [2.24, 2.45) is 0 Å². The zero-order chi connectivity index (χ0) is 19.2. The Morgan fingerprint density at radius 1 is 1.22 bits per heavy atom. The topological polar surface area (TPSA) is 68.3 Å². The molecule has 27 heavy (non-hydrogen) atoms. The van der Waals surface area contributed by atoms with E-state index in [4.69, 9.17) is 4.74 Å². The van der Waals surface area contributed by atoms with E-state index < -0.39 is 5.97 Å². The Morgan fingerprint density at radius 3 is 2.70 bits per heavy atom. The first kappa shape index (κ1) is 19.9. The number of rotatable bonds is 7. The standard InChI is InChI=1S/C19H17BrN2O3S2/c1-12(13-6-8-14(20)9-7-13)21-17(23)10-25-18(24)11-26-19-22-15-4-2-3-5-16(15)27-19/h2-9,12H,10-11H2,1H3,(H,21,23). The van der Waals surface area contributed by atoms with Gasteiger partial charge in [0.05, 0.1) is 22.0 Å². The number of amides is 1. The van der Waals surface area contributed by atoms with Gasteiger partial charge >= 0.3 is 5.97 Å². The van der Waals surface area contributed by atoms with Gasteiger partial charge in [-0.15, -0.1) is 11.3 Å². The van der Waals surface area contributed by atoms with Gasteiger partial charge in [0.2, 0.25) is 0 Å². The van der Waals surface area contributed by atoms with E-state index >= 15 is 0 Å². The molecule has 0 saturated carbocycles. The smallest absolute Gasteiger partial charge is 0.316 e. The van der Waals surface area contributed by atoms with Crippen molar-refractivity contribution in [1.29, 1.82) is 0 Å². The molecule has 0 aliphatic carbocycles. The maximum absolute atomic E-state index is 12.0. The number of thioether (sulfide) groups is 1. The number of carbonyl (C=O) groups is 2. The maximum atomic E-state index is 12.0. The minimum atomic E-state index is -0.439. The molecule has 3 rings (SSSR count). The van der Waals surface area contributed by atoms with E-state index in [2.05, 4.69) is 26.2 Å². The Morgan fingerprint density at radius 2 is 1.96 bits per heavy atom. The monoisotopic (exact) mass is 464 g/mol. The van der Waals surface area contributed by atoms with Crippen molar-refractivity contribution in [2.45, 2.75) is 17.3 Å². The molecule has 1 unspecified atom stereocenters. The second kappa shape index (κ2) is 9.34. The summed E-state index contributed by atoms with van der Waals surface area (Å²) in [5.74, 6) is -0.649. The number of thiazole rings is 1. The molecule has 3 aromatic rings. The van der Waals surface area contributed by atoms with Crippen molar-refractivity contribution in [2.75, 3.05) is 12.4 Å². The second-order valence-electron chi connectivity index (χ2n) is 5.74. The summed E-state index contributed by atoms with van der Waals surface area (Å²) in [7, 11) is 0. The van der Waals surface area contributed by atoms with E-state index in [9.17, 15) is 9.59 Å². The fraction of sp³-hybridized carbons (Fsp3) is 0.211. The molecule has 1 amide bonds. The maximum Gasteiger partial charge on any atom is 0.316 e. The first-order chi connectivity index (χ1) is 13.0. The molecule has 1 N–H and O–H groups in total. The Bertz CT molecular complexity index is 911. The zero-order valence-electron chi connectivity index (χ0n) is 14.5. The highest BCUT2D eigenvalue weighted by Crippen LogP contribution is 2.29. The van der Waals surface area contributed by atoms with Gasteiger partial charge in [0, 0.05) is 4.47 Å². The number of halogens is 1. The van der Waals surface area contributed by atoms with Crippen LogP contribution in [0.25, 0.3) is 10.2 Å². The van der Waals surface area contributed by atoms with E-state index in [1.165, 1.54) is 23.1 Å². The summed E-state index contributed by atoms with van der Waals surface area (Å²) in [4.78, 5) is 28.3. The SMILES string of the molecule is CC(NC(=O)COC(=O)CSc1nc2ccccc2s1)c1ccc(Br)cc1. The van der Waals surface area contributed by atoms with Gasteiger partial charge in [0.15, 0.2) is 10.9 Å². The first-order valence-corrected chi connectivity index (χ1v) is 10.8. The molecule has 0 bridgehead atoms. The Labute approximate surface area is 173 Å². The van der Waals surface area contributed by atoms with Crippen molar-refractivity contribution in [1.82, 2.24) is 10.3 Å². The van der Waals surface area contributed by atoms with Gasteiger partial charge in [0.1, 0.15) is 0 Å². The van der Waals surface area contributed by atoms with Crippen molar-refractivity contribution in [3.8, 4) is 0 Å². The van der Waals surface area contributed by atoms with Crippen LogP contribution in [0.1, 0.15) is 18.5 Å². The third kappa shape index (κ3) is 5.79. The predicted octanol–water partition coefficient (Wildman–Crippen LogP) is 4.57. The van der Waals surface area contributed by atoms with Gasteiger partial charge in [-0.1, -0.05) is 52.0 Å². The molecule has 0 fully saturated rings. The van der Waals surface area contributed by atoms with Crippen LogP contribution in [0.3, 0.4) is 0 Å². The predicted molar refractivity (Wildman–Crippen MR) is 112 cm³/mol. The van der Waals surface area contributed by atoms with Crippen LogP contribution in [0.4, 0.5) is 0 Å². The van der Waals surface area contributed by atoms with Crippen LogP contribution < -0.4 is 5.32 Å². The highest BCUT2D eigenvalue weighted by molar-refractivity contribution is 9.10. The third-order valence-electron chi connectivity index (χ3n) is 3.70. The summed E-state index contributed by atoms with van der Waals surface area (Å²) < 4.78 is 7.91. The molecular weight excluding hydrogens is 448 g/mol. The van der Waals surface area contributed by atoms with E-state index in [1.807, 2.05) is 55.5 Å². The van der Waals surface area contributed by atoms with Gasteiger partial charge in [0.25, 0.3) is 5.91 Å². The van der Waals surface area contributed by atoms with Crippen molar-refractivity contribution in [3.63, 3.8) is 0 Å². The zero-order valence-corrected chi connectivity index (χ0v) is 17.7. The van der Waals surface area contributed by atoms with Gasteiger partial charge < -0.3 is 10.1 Å². The lowest BCUT2D eigenvalue weighted by molar-refractivity contribution is -0.146. The summed E-state index contributed by atoms with van der Waals surface area (Å²) in [5.41, 5.74) is 1.89. The van der Waals surface area contributed by atoms with E-state index in [1.54, 1.807) is 0 Å². The fourth-order valence-electron chi connectivity index (χ4n) is 2.34. The molecule has 0 aliphatic heterocycles. The minimum Gasteiger partial charge on any atom is -0.455 e. The average molecular weight is 465 g/mol. The summed E-state index contributed by atoms with van der Waals surface area (Å²) >= 11 is 6.22. The Balaban J connectivity index is 1.41. The highest BCUT2D eigenvalue weighted by Gasteiger charge is 2.13. The molecule has 0 saturated heterocycles. The van der Waals surface area contributed by atoms with Crippen LogP contribution in [0.15, 0.2) is 57.3 Å². The number of nitrogens with zero attached hydrogens (tertiary/aromatic N) is 1.